The van der Waals surface area contributed by atoms with Crippen molar-refractivity contribution in [2.24, 2.45) is 0 Å². The molecule has 0 heterocycles. The fraction of sp³-hybridized carbons (Fsp3) is 0.571. The molecule has 1 aromatic rings. The zero-order valence-electron chi connectivity index (χ0n) is 12.1. The van der Waals surface area contributed by atoms with Gasteiger partial charge in [-0.1, -0.05) is 0 Å². The zero-order valence-corrected chi connectivity index (χ0v) is 12.1. The molecule has 1 rings (SSSR count). The molecule has 6 N–H and O–H groups in total. The predicted octanol–water partition coefficient (Wildman–Crippen LogP) is -0.818. The SMILES string of the molecule is OCCOCC(O)c1c(O)ccc(O)c1C(O)COCCO. The molecular formula is C14H22O8. The summed E-state index contributed by atoms with van der Waals surface area (Å²) in [7, 11) is 0. The number of rotatable bonds is 10. The van der Waals surface area contributed by atoms with Crippen molar-refractivity contribution >= 4 is 0 Å². The van der Waals surface area contributed by atoms with Gasteiger partial charge in [0.05, 0.1) is 39.6 Å². The molecule has 0 aliphatic heterocycles. The van der Waals surface area contributed by atoms with E-state index in [1.54, 1.807) is 0 Å². The standard InChI is InChI=1S/C14H22O8/c15-3-5-21-7-11(19)13-9(17)1-2-10(18)14(13)12(20)8-22-6-4-16/h1-2,11-12,15-20H,3-8H2. The molecule has 0 amide bonds. The van der Waals surface area contributed by atoms with Crippen molar-refractivity contribution in [2.45, 2.75) is 12.2 Å². The minimum Gasteiger partial charge on any atom is -0.508 e. The Morgan fingerprint density at radius 2 is 1.14 bits per heavy atom. The number of aliphatic hydroxyl groups excluding tert-OH is 4. The van der Waals surface area contributed by atoms with E-state index in [0.717, 1.165) is 0 Å². The number of hydrogen-bond donors (Lipinski definition) is 6. The van der Waals surface area contributed by atoms with Crippen LogP contribution in [0, 0.1) is 0 Å². The van der Waals surface area contributed by atoms with Crippen LogP contribution in [-0.4, -0.2) is 70.3 Å². The average molecular weight is 318 g/mol. The smallest absolute Gasteiger partial charge is 0.122 e. The quantitative estimate of drug-likeness (QED) is 0.243. The molecule has 0 bridgehead atoms. The van der Waals surface area contributed by atoms with Gasteiger partial charge >= 0.3 is 0 Å². The summed E-state index contributed by atoms with van der Waals surface area (Å²) in [5.74, 6) is -0.622. The minimum atomic E-state index is -1.30. The lowest BCUT2D eigenvalue weighted by Crippen LogP contribution is -2.16. The van der Waals surface area contributed by atoms with E-state index < -0.39 is 12.2 Å². The van der Waals surface area contributed by atoms with E-state index in [-0.39, 0.29) is 62.3 Å². The third kappa shape index (κ3) is 5.09. The number of ether oxygens (including phenoxy) is 2. The molecule has 8 nitrogen and oxygen atoms in total. The van der Waals surface area contributed by atoms with E-state index in [9.17, 15) is 20.4 Å². The molecule has 0 spiro atoms. The Morgan fingerprint density at radius 3 is 1.45 bits per heavy atom. The average Bonchev–Trinajstić information content (AvgIpc) is 2.49. The number of aliphatic hydroxyl groups is 4. The van der Waals surface area contributed by atoms with Gasteiger partial charge in [0.25, 0.3) is 0 Å². The van der Waals surface area contributed by atoms with Gasteiger partial charge in [0.2, 0.25) is 0 Å². The highest BCUT2D eigenvalue weighted by atomic mass is 16.5. The molecule has 0 aliphatic rings. The van der Waals surface area contributed by atoms with E-state index >= 15 is 0 Å². The van der Waals surface area contributed by atoms with Crippen LogP contribution in [0.3, 0.4) is 0 Å². The van der Waals surface area contributed by atoms with Gasteiger partial charge in [0, 0.05) is 11.1 Å². The molecule has 126 valence electrons. The Labute approximate surface area is 127 Å². The number of benzene rings is 1. The van der Waals surface area contributed by atoms with Crippen molar-refractivity contribution in [2.75, 3.05) is 39.6 Å². The van der Waals surface area contributed by atoms with Crippen molar-refractivity contribution in [3.05, 3.63) is 23.3 Å². The first-order valence-electron chi connectivity index (χ1n) is 6.81. The molecule has 8 heteroatoms. The molecule has 2 atom stereocenters. The van der Waals surface area contributed by atoms with Gasteiger partial charge in [-0.2, -0.15) is 0 Å². The normalized spacial score (nSPS) is 14.0. The van der Waals surface area contributed by atoms with Crippen LogP contribution in [0.5, 0.6) is 11.5 Å². The Hall–Kier alpha value is -1.42. The molecule has 0 saturated heterocycles. The summed E-state index contributed by atoms with van der Waals surface area (Å²) in [6.45, 7) is -0.877. The lowest BCUT2D eigenvalue weighted by Gasteiger charge is -2.21. The summed E-state index contributed by atoms with van der Waals surface area (Å²) < 4.78 is 9.98. The van der Waals surface area contributed by atoms with E-state index in [0.29, 0.717) is 0 Å². The summed E-state index contributed by atoms with van der Waals surface area (Å²) >= 11 is 0. The van der Waals surface area contributed by atoms with Gasteiger partial charge in [-0.15, -0.1) is 0 Å². The highest BCUT2D eigenvalue weighted by Gasteiger charge is 2.25. The highest BCUT2D eigenvalue weighted by Crippen LogP contribution is 2.38. The molecule has 0 radical (unpaired) electrons. The summed E-state index contributed by atoms with van der Waals surface area (Å²) in [6, 6.07) is 2.37. The first kappa shape index (κ1) is 18.6. The van der Waals surface area contributed by atoms with Crippen LogP contribution >= 0.6 is 0 Å². The van der Waals surface area contributed by atoms with Crippen LogP contribution in [0.4, 0.5) is 0 Å². The summed E-state index contributed by atoms with van der Waals surface area (Å²) in [5, 5.41) is 57.2. The monoisotopic (exact) mass is 318 g/mol. The Bertz CT molecular complexity index is 410. The number of aromatic hydroxyl groups is 2. The maximum atomic E-state index is 10.1. The van der Waals surface area contributed by atoms with E-state index in [2.05, 4.69) is 0 Å². The Balaban J connectivity index is 2.96. The first-order valence-corrected chi connectivity index (χ1v) is 6.81. The second-order valence-corrected chi connectivity index (χ2v) is 4.56. The molecule has 0 fully saturated rings. The maximum Gasteiger partial charge on any atom is 0.122 e. The lowest BCUT2D eigenvalue weighted by molar-refractivity contribution is 0.00855. The second-order valence-electron chi connectivity index (χ2n) is 4.56. The van der Waals surface area contributed by atoms with Crippen molar-refractivity contribution in [3.63, 3.8) is 0 Å². The van der Waals surface area contributed by atoms with Crippen LogP contribution in [0.1, 0.15) is 23.3 Å². The van der Waals surface area contributed by atoms with E-state index in [1.807, 2.05) is 0 Å². The van der Waals surface area contributed by atoms with Crippen molar-refractivity contribution in [1.82, 2.24) is 0 Å². The molecule has 0 saturated carbocycles. The van der Waals surface area contributed by atoms with E-state index in [4.69, 9.17) is 19.7 Å². The minimum absolute atomic E-state index is 0.00807. The zero-order chi connectivity index (χ0) is 16.5. The van der Waals surface area contributed by atoms with Crippen molar-refractivity contribution in [1.29, 1.82) is 0 Å². The van der Waals surface area contributed by atoms with Crippen LogP contribution in [0.2, 0.25) is 0 Å². The number of hydrogen-bond acceptors (Lipinski definition) is 8. The van der Waals surface area contributed by atoms with Crippen LogP contribution < -0.4 is 0 Å². The van der Waals surface area contributed by atoms with Gasteiger partial charge in [0.1, 0.15) is 23.7 Å². The largest absolute Gasteiger partial charge is 0.508 e. The first-order chi connectivity index (χ1) is 10.5. The molecule has 2 unspecified atom stereocenters. The lowest BCUT2D eigenvalue weighted by atomic mass is 9.96. The van der Waals surface area contributed by atoms with Crippen molar-refractivity contribution in [3.8, 4) is 11.5 Å². The highest BCUT2D eigenvalue weighted by molar-refractivity contribution is 5.50. The third-order valence-electron chi connectivity index (χ3n) is 2.93. The molecule has 1 aromatic carbocycles. The van der Waals surface area contributed by atoms with Gasteiger partial charge in [-0.3, -0.25) is 0 Å². The van der Waals surface area contributed by atoms with Gasteiger partial charge < -0.3 is 40.1 Å². The fourth-order valence-electron chi connectivity index (χ4n) is 2.00. The van der Waals surface area contributed by atoms with Crippen LogP contribution in [-0.2, 0) is 9.47 Å². The van der Waals surface area contributed by atoms with E-state index in [1.165, 1.54) is 12.1 Å². The summed E-state index contributed by atoms with van der Waals surface area (Å²) in [6.07, 6.45) is -2.61. The Morgan fingerprint density at radius 1 is 0.773 bits per heavy atom. The topological polar surface area (TPSA) is 140 Å². The molecular weight excluding hydrogens is 296 g/mol. The summed E-state index contributed by atoms with van der Waals surface area (Å²) in [5.41, 5.74) is -0.143. The summed E-state index contributed by atoms with van der Waals surface area (Å²) in [4.78, 5) is 0. The van der Waals surface area contributed by atoms with Crippen molar-refractivity contribution < 1.29 is 40.1 Å². The number of phenolic OH excluding ortho intramolecular Hbond substituents is 2. The Kier molecular flexibility index (Phi) is 8.10. The molecule has 22 heavy (non-hydrogen) atoms. The van der Waals surface area contributed by atoms with Gasteiger partial charge in [-0.05, 0) is 12.1 Å². The van der Waals surface area contributed by atoms with Gasteiger partial charge in [0.15, 0.2) is 0 Å². The number of phenols is 2. The second kappa shape index (κ2) is 9.57. The van der Waals surface area contributed by atoms with Gasteiger partial charge in [-0.25, -0.2) is 0 Å². The third-order valence-corrected chi connectivity index (χ3v) is 2.93. The van der Waals surface area contributed by atoms with Crippen LogP contribution in [0.25, 0.3) is 0 Å². The maximum absolute atomic E-state index is 10.1. The predicted molar refractivity (Wildman–Crippen MR) is 75.5 cm³/mol. The fourth-order valence-corrected chi connectivity index (χ4v) is 2.00. The van der Waals surface area contributed by atoms with Crippen LogP contribution in [0.15, 0.2) is 12.1 Å². The molecule has 0 aromatic heterocycles. The molecule has 0 aliphatic carbocycles.